The first-order valence-corrected chi connectivity index (χ1v) is 9.37. The lowest BCUT2D eigenvalue weighted by Gasteiger charge is -2.01. The SMILES string of the molecule is Cc1cc(C)cc(C#Cc2cc(C#Cc3cc(C)cc(C)c3)cc(CO)c2)c1. The van der Waals surface area contributed by atoms with E-state index in [1.165, 1.54) is 22.3 Å². The minimum absolute atomic E-state index is 0.0304. The van der Waals surface area contributed by atoms with Crippen molar-refractivity contribution in [3.8, 4) is 23.7 Å². The molecule has 3 aromatic carbocycles. The second-order valence-electron chi connectivity index (χ2n) is 7.33. The highest BCUT2D eigenvalue weighted by atomic mass is 16.3. The molecule has 0 saturated heterocycles. The van der Waals surface area contributed by atoms with Gasteiger partial charge in [-0.1, -0.05) is 35.8 Å². The highest BCUT2D eigenvalue weighted by molar-refractivity contribution is 5.52. The van der Waals surface area contributed by atoms with E-state index in [0.717, 1.165) is 27.8 Å². The van der Waals surface area contributed by atoms with Crippen LogP contribution in [0.5, 0.6) is 0 Å². The Labute approximate surface area is 168 Å². The summed E-state index contributed by atoms with van der Waals surface area (Å²) < 4.78 is 0. The van der Waals surface area contributed by atoms with E-state index in [1.54, 1.807) is 0 Å². The summed E-state index contributed by atoms with van der Waals surface area (Å²) in [6.07, 6.45) is 0. The number of rotatable bonds is 1. The van der Waals surface area contributed by atoms with Gasteiger partial charge in [-0.2, -0.15) is 0 Å². The predicted molar refractivity (Wildman–Crippen MR) is 116 cm³/mol. The van der Waals surface area contributed by atoms with Crippen molar-refractivity contribution in [3.63, 3.8) is 0 Å². The lowest BCUT2D eigenvalue weighted by Crippen LogP contribution is -1.89. The van der Waals surface area contributed by atoms with Crippen LogP contribution in [0.15, 0.2) is 54.6 Å². The number of benzene rings is 3. The molecule has 138 valence electrons. The lowest BCUT2D eigenvalue weighted by atomic mass is 10.0. The molecule has 0 aromatic heterocycles. The van der Waals surface area contributed by atoms with Crippen LogP contribution in [0.1, 0.15) is 50.1 Å². The summed E-state index contributed by atoms with van der Waals surface area (Å²) in [6.45, 7) is 8.27. The van der Waals surface area contributed by atoms with Crippen molar-refractivity contribution in [3.05, 3.63) is 105 Å². The van der Waals surface area contributed by atoms with E-state index in [-0.39, 0.29) is 6.61 Å². The normalized spacial score (nSPS) is 9.89. The molecule has 0 heterocycles. The summed E-state index contributed by atoms with van der Waals surface area (Å²) in [5, 5.41) is 9.61. The van der Waals surface area contributed by atoms with Crippen molar-refractivity contribution >= 4 is 0 Å². The zero-order valence-electron chi connectivity index (χ0n) is 16.9. The first-order valence-electron chi connectivity index (χ1n) is 9.37. The summed E-state index contributed by atoms with van der Waals surface area (Å²) >= 11 is 0. The van der Waals surface area contributed by atoms with Crippen LogP contribution < -0.4 is 0 Å². The third kappa shape index (κ3) is 5.37. The van der Waals surface area contributed by atoms with Crippen molar-refractivity contribution in [1.82, 2.24) is 0 Å². The molecule has 1 nitrogen and oxygen atoms in total. The van der Waals surface area contributed by atoms with Gasteiger partial charge in [-0.25, -0.2) is 0 Å². The molecular weight excluding hydrogens is 340 g/mol. The van der Waals surface area contributed by atoms with Gasteiger partial charge in [0.1, 0.15) is 0 Å². The Morgan fingerprint density at radius 1 is 0.500 bits per heavy atom. The molecule has 0 aliphatic carbocycles. The minimum atomic E-state index is -0.0304. The number of aliphatic hydroxyl groups excluding tert-OH is 1. The van der Waals surface area contributed by atoms with Crippen LogP contribution in [-0.2, 0) is 6.61 Å². The van der Waals surface area contributed by atoms with Crippen molar-refractivity contribution in [2.24, 2.45) is 0 Å². The Bertz CT molecular complexity index is 1020. The van der Waals surface area contributed by atoms with Gasteiger partial charge in [0.2, 0.25) is 0 Å². The third-order valence-electron chi connectivity index (χ3n) is 4.32. The summed E-state index contributed by atoms with van der Waals surface area (Å²) in [7, 11) is 0. The molecule has 3 rings (SSSR count). The number of hydrogen-bond acceptors (Lipinski definition) is 1. The Kier molecular flexibility index (Phi) is 6.00. The monoisotopic (exact) mass is 364 g/mol. The zero-order valence-corrected chi connectivity index (χ0v) is 16.9. The van der Waals surface area contributed by atoms with Crippen molar-refractivity contribution < 1.29 is 5.11 Å². The van der Waals surface area contributed by atoms with Crippen LogP contribution in [0.25, 0.3) is 0 Å². The van der Waals surface area contributed by atoms with Crippen molar-refractivity contribution in [1.29, 1.82) is 0 Å². The van der Waals surface area contributed by atoms with E-state index < -0.39 is 0 Å². The Hall–Kier alpha value is -3.26. The van der Waals surface area contributed by atoms with Crippen LogP contribution in [-0.4, -0.2) is 5.11 Å². The minimum Gasteiger partial charge on any atom is -0.392 e. The van der Waals surface area contributed by atoms with Crippen LogP contribution in [0.3, 0.4) is 0 Å². The molecule has 0 atom stereocenters. The highest BCUT2D eigenvalue weighted by Gasteiger charge is 1.99. The number of aryl methyl sites for hydroxylation is 4. The van der Waals surface area contributed by atoms with Gasteiger partial charge < -0.3 is 5.11 Å². The van der Waals surface area contributed by atoms with E-state index in [1.807, 2.05) is 18.2 Å². The second kappa shape index (κ2) is 8.62. The fraction of sp³-hybridized carbons (Fsp3) is 0.185. The summed E-state index contributed by atoms with van der Waals surface area (Å²) in [4.78, 5) is 0. The summed E-state index contributed by atoms with van der Waals surface area (Å²) in [5.74, 6) is 12.9. The van der Waals surface area contributed by atoms with Crippen molar-refractivity contribution in [2.75, 3.05) is 0 Å². The molecule has 0 aliphatic heterocycles. The third-order valence-corrected chi connectivity index (χ3v) is 4.32. The molecular formula is C27H24O. The average molecular weight is 364 g/mol. The van der Waals surface area contributed by atoms with Gasteiger partial charge in [-0.15, -0.1) is 0 Å². The molecule has 0 unspecified atom stereocenters. The van der Waals surface area contributed by atoms with E-state index >= 15 is 0 Å². The Morgan fingerprint density at radius 3 is 1.14 bits per heavy atom. The largest absolute Gasteiger partial charge is 0.392 e. The van der Waals surface area contributed by atoms with Crippen LogP contribution >= 0.6 is 0 Å². The Balaban J connectivity index is 1.95. The van der Waals surface area contributed by atoms with Crippen LogP contribution in [0.2, 0.25) is 0 Å². The number of hydrogen-bond donors (Lipinski definition) is 1. The molecule has 0 aliphatic rings. The molecule has 3 aromatic rings. The first-order chi connectivity index (χ1) is 13.4. The molecule has 0 fully saturated rings. The smallest absolute Gasteiger partial charge is 0.0682 e. The van der Waals surface area contributed by atoms with Crippen LogP contribution in [0.4, 0.5) is 0 Å². The zero-order chi connectivity index (χ0) is 20.1. The lowest BCUT2D eigenvalue weighted by molar-refractivity contribution is 0.282. The fourth-order valence-corrected chi connectivity index (χ4v) is 3.31. The van der Waals surface area contributed by atoms with Gasteiger partial charge >= 0.3 is 0 Å². The molecule has 0 radical (unpaired) electrons. The predicted octanol–water partition coefficient (Wildman–Crippen LogP) is 5.21. The maximum absolute atomic E-state index is 9.61. The maximum atomic E-state index is 9.61. The quantitative estimate of drug-likeness (QED) is 0.588. The highest BCUT2D eigenvalue weighted by Crippen LogP contribution is 2.12. The molecule has 0 saturated carbocycles. The maximum Gasteiger partial charge on any atom is 0.0682 e. The van der Waals surface area contributed by atoms with Gasteiger partial charge in [0.25, 0.3) is 0 Å². The second-order valence-corrected chi connectivity index (χ2v) is 7.33. The van der Waals surface area contributed by atoms with E-state index in [4.69, 9.17) is 0 Å². The van der Waals surface area contributed by atoms with Gasteiger partial charge in [0.15, 0.2) is 0 Å². The van der Waals surface area contributed by atoms with Gasteiger partial charge in [-0.3, -0.25) is 0 Å². The van der Waals surface area contributed by atoms with Crippen LogP contribution in [0, 0.1) is 51.4 Å². The molecule has 28 heavy (non-hydrogen) atoms. The van der Waals surface area contributed by atoms with E-state index in [9.17, 15) is 5.11 Å². The first kappa shape index (κ1) is 19.5. The van der Waals surface area contributed by atoms with E-state index in [0.29, 0.717) is 0 Å². The topological polar surface area (TPSA) is 20.2 Å². The molecule has 0 bridgehead atoms. The van der Waals surface area contributed by atoms with Crippen molar-refractivity contribution in [2.45, 2.75) is 34.3 Å². The fourth-order valence-electron chi connectivity index (χ4n) is 3.31. The van der Waals surface area contributed by atoms with E-state index in [2.05, 4.69) is 87.8 Å². The summed E-state index contributed by atoms with van der Waals surface area (Å²) in [6, 6.07) is 18.4. The van der Waals surface area contributed by atoms with Gasteiger partial charge in [0, 0.05) is 22.3 Å². The molecule has 0 amide bonds. The van der Waals surface area contributed by atoms with Gasteiger partial charge in [0.05, 0.1) is 6.61 Å². The number of aliphatic hydroxyl groups is 1. The summed E-state index contributed by atoms with van der Waals surface area (Å²) in [5.41, 5.74) is 9.33. The molecule has 1 heteroatoms. The molecule has 1 N–H and O–H groups in total. The van der Waals surface area contributed by atoms with Gasteiger partial charge in [-0.05, 0) is 98.0 Å². The average Bonchev–Trinajstić information content (AvgIpc) is 2.63. The molecule has 0 spiro atoms. The standard InChI is InChI=1S/C27H24O/c1-19-9-20(2)12-23(11-19)5-7-25-15-26(17-27(16-25)18-28)8-6-24-13-21(3)10-22(4)14-24/h9-17,28H,18H2,1-4H3. The Morgan fingerprint density at radius 2 is 0.821 bits per heavy atom.